The van der Waals surface area contributed by atoms with Gasteiger partial charge in [-0.2, -0.15) is 0 Å². The first kappa shape index (κ1) is 9.83. The first-order valence-electron chi connectivity index (χ1n) is 3.65. The van der Waals surface area contributed by atoms with E-state index in [1.165, 1.54) is 0 Å². The Morgan fingerprint density at radius 1 is 1.73 bits per heavy atom. The Morgan fingerprint density at radius 3 is 3.00 bits per heavy atom. The van der Waals surface area contributed by atoms with E-state index in [0.717, 1.165) is 12.8 Å². The van der Waals surface area contributed by atoms with Crippen LogP contribution >= 0.6 is 0 Å². The van der Waals surface area contributed by atoms with E-state index in [4.69, 9.17) is 11.2 Å². The van der Waals surface area contributed by atoms with Crippen LogP contribution in [0.1, 0.15) is 19.8 Å². The van der Waals surface area contributed by atoms with Crippen LogP contribution in [0.4, 0.5) is 4.79 Å². The van der Waals surface area contributed by atoms with Crippen LogP contribution in [0.15, 0.2) is 0 Å². The number of hydrogen-bond acceptors (Lipinski definition) is 2. The van der Waals surface area contributed by atoms with Crippen molar-refractivity contribution in [3.05, 3.63) is 0 Å². The summed E-state index contributed by atoms with van der Waals surface area (Å²) in [6.45, 7) is 2.72. The van der Waals surface area contributed by atoms with Crippen molar-refractivity contribution < 1.29 is 9.53 Å². The fraction of sp³-hybridized carbons (Fsp3) is 0.625. The standard InChI is InChI=1S/C8H13NO2/c1-3-5-7-11-8(10)9-6-4-2/h2H,3,5-7H2,1H3,(H,9,10). The molecule has 3 heteroatoms. The molecule has 0 fully saturated rings. The molecule has 0 aromatic heterocycles. The first-order valence-corrected chi connectivity index (χ1v) is 3.65. The van der Waals surface area contributed by atoms with E-state index < -0.39 is 6.09 Å². The monoisotopic (exact) mass is 155 g/mol. The molecule has 62 valence electrons. The van der Waals surface area contributed by atoms with Gasteiger partial charge in [0, 0.05) is 0 Å². The van der Waals surface area contributed by atoms with Gasteiger partial charge in [-0.25, -0.2) is 4.79 Å². The average Bonchev–Trinajstić information content (AvgIpc) is 2.01. The lowest BCUT2D eigenvalue weighted by atomic mass is 10.4. The largest absolute Gasteiger partial charge is 0.450 e. The van der Waals surface area contributed by atoms with E-state index >= 15 is 0 Å². The minimum Gasteiger partial charge on any atom is -0.450 e. The summed E-state index contributed by atoms with van der Waals surface area (Å²) < 4.78 is 4.74. The normalized spacial score (nSPS) is 8.36. The molecule has 0 heterocycles. The van der Waals surface area contributed by atoms with Crippen molar-refractivity contribution in [2.75, 3.05) is 13.2 Å². The van der Waals surface area contributed by atoms with E-state index in [0.29, 0.717) is 6.61 Å². The topological polar surface area (TPSA) is 38.3 Å². The van der Waals surface area contributed by atoms with Gasteiger partial charge in [-0.05, 0) is 6.42 Å². The predicted molar refractivity (Wildman–Crippen MR) is 43.1 cm³/mol. The lowest BCUT2D eigenvalue weighted by Crippen LogP contribution is -2.24. The molecule has 0 rings (SSSR count). The zero-order valence-corrected chi connectivity index (χ0v) is 6.72. The van der Waals surface area contributed by atoms with Crippen molar-refractivity contribution >= 4 is 6.09 Å². The van der Waals surface area contributed by atoms with E-state index in [2.05, 4.69) is 11.2 Å². The maximum absolute atomic E-state index is 10.6. The molecule has 0 atom stereocenters. The Hall–Kier alpha value is -1.17. The van der Waals surface area contributed by atoms with Gasteiger partial charge in [0.05, 0.1) is 13.2 Å². The van der Waals surface area contributed by atoms with Crippen LogP contribution in [0.25, 0.3) is 0 Å². The van der Waals surface area contributed by atoms with Gasteiger partial charge in [0.2, 0.25) is 0 Å². The molecule has 0 saturated heterocycles. The van der Waals surface area contributed by atoms with Crippen molar-refractivity contribution in [3.63, 3.8) is 0 Å². The van der Waals surface area contributed by atoms with Crippen LogP contribution in [0.5, 0.6) is 0 Å². The highest BCUT2D eigenvalue weighted by Gasteiger charge is 1.96. The third kappa shape index (κ3) is 6.72. The summed E-state index contributed by atoms with van der Waals surface area (Å²) in [5.41, 5.74) is 0. The summed E-state index contributed by atoms with van der Waals surface area (Å²) in [4.78, 5) is 10.6. The molecule has 1 N–H and O–H groups in total. The van der Waals surface area contributed by atoms with Crippen LogP contribution in [-0.2, 0) is 4.74 Å². The first-order chi connectivity index (χ1) is 5.31. The SMILES string of the molecule is C#CCNC(=O)OCCCC. The van der Waals surface area contributed by atoms with Gasteiger partial charge in [-0.15, -0.1) is 6.42 Å². The van der Waals surface area contributed by atoms with E-state index in [1.54, 1.807) is 0 Å². The highest BCUT2D eigenvalue weighted by molar-refractivity contribution is 5.67. The summed E-state index contributed by atoms with van der Waals surface area (Å²) in [6, 6.07) is 0. The Bertz CT molecular complexity index is 149. The Balaban J connectivity index is 3.17. The molecule has 0 aliphatic carbocycles. The quantitative estimate of drug-likeness (QED) is 0.488. The number of ether oxygens (including phenoxy) is 1. The molecule has 0 radical (unpaired) electrons. The number of hydrogen-bond donors (Lipinski definition) is 1. The van der Waals surface area contributed by atoms with Gasteiger partial charge in [0.25, 0.3) is 0 Å². The fourth-order valence-electron chi connectivity index (χ4n) is 0.483. The molecule has 0 aromatic rings. The number of terminal acetylenes is 1. The summed E-state index contributed by atoms with van der Waals surface area (Å²) in [5, 5.41) is 2.39. The van der Waals surface area contributed by atoms with Gasteiger partial charge >= 0.3 is 6.09 Å². The maximum Gasteiger partial charge on any atom is 0.407 e. The molecular formula is C8H13NO2. The van der Waals surface area contributed by atoms with Crippen molar-refractivity contribution in [3.8, 4) is 12.3 Å². The number of amides is 1. The number of carbonyl (C=O) groups excluding carboxylic acids is 1. The van der Waals surface area contributed by atoms with Gasteiger partial charge in [0.15, 0.2) is 0 Å². The molecule has 0 spiro atoms. The highest BCUT2D eigenvalue weighted by Crippen LogP contribution is 1.87. The Labute approximate surface area is 67.1 Å². The summed E-state index contributed by atoms with van der Waals surface area (Å²) >= 11 is 0. The van der Waals surface area contributed by atoms with Crippen LogP contribution in [0.2, 0.25) is 0 Å². The van der Waals surface area contributed by atoms with Crippen molar-refractivity contribution in [2.24, 2.45) is 0 Å². The van der Waals surface area contributed by atoms with Gasteiger partial charge < -0.3 is 10.1 Å². The number of carbonyl (C=O) groups is 1. The average molecular weight is 155 g/mol. The highest BCUT2D eigenvalue weighted by atomic mass is 16.5. The molecule has 11 heavy (non-hydrogen) atoms. The lowest BCUT2D eigenvalue weighted by Gasteiger charge is -2.02. The third-order valence-electron chi connectivity index (χ3n) is 1.07. The Kier molecular flexibility index (Phi) is 6.20. The van der Waals surface area contributed by atoms with Gasteiger partial charge in [-0.3, -0.25) is 0 Å². The minimum absolute atomic E-state index is 0.227. The molecule has 0 aromatic carbocycles. The van der Waals surface area contributed by atoms with Crippen LogP contribution in [-0.4, -0.2) is 19.2 Å². The molecule has 1 amide bonds. The summed E-state index contributed by atoms with van der Waals surface area (Å²) in [5.74, 6) is 2.28. The number of alkyl carbamates (subject to hydrolysis) is 1. The third-order valence-corrected chi connectivity index (χ3v) is 1.07. The predicted octanol–water partition coefficient (Wildman–Crippen LogP) is 1.15. The van der Waals surface area contributed by atoms with Crippen molar-refractivity contribution in [2.45, 2.75) is 19.8 Å². The van der Waals surface area contributed by atoms with Crippen LogP contribution < -0.4 is 5.32 Å². The molecule has 0 bridgehead atoms. The second-order valence-corrected chi connectivity index (χ2v) is 2.05. The minimum atomic E-state index is -0.434. The molecular weight excluding hydrogens is 142 g/mol. The van der Waals surface area contributed by atoms with E-state index in [-0.39, 0.29) is 6.54 Å². The second-order valence-electron chi connectivity index (χ2n) is 2.05. The van der Waals surface area contributed by atoms with Crippen LogP contribution in [0.3, 0.4) is 0 Å². The summed E-state index contributed by atoms with van der Waals surface area (Å²) in [6.07, 6.45) is 6.39. The molecule has 0 aliphatic rings. The molecule has 0 unspecified atom stereocenters. The van der Waals surface area contributed by atoms with Gasteiger partial charge in [0.1, 0.15) is 0 Å². The summed E-state index contributed by atoms with van der Waals surface area (Å²) in [7, 11) is 0. The van der Waals surface area contributed by atoms with Crippen molar-refractivity contribution in [1.82, 2.24) is 5.32 Å². The smallest absolute Gasteiger partial charge is 0.407 e. The number of unbranched alkanes of at least 4 members (excludes halogenated alkanes) is 1. The van der Waals surface area contributed by atoms with Crippen LogP contribution in [0, 0.1) is 12.3 Å². The second kappa shape index (κ2) is 6.94. The molecule has 0 aliphatic heterocycles. The zero-order chi connectivity index (χ0) is 8.53. The fourth-order valence-corrected chi connectivity index (χ4v) is 0.483. The Morgan fingerprint density at radius 2 is 2.45 bits per heavy atom. The maximum atomic E-state index is 10.6. The van der Waals surface area contributed by atoms with Crippen molar-refractivity contribution in [1.29, 1.82) is 0 Å². The van der Waals surface area contributed by atoms with Gasteiger partial charge in [-0.1, -0.05) is 19.3 Å². The van der Waals surface area contributed by atoms with E-state index in [9.17, 15) is 4.79 Å². The molecule has 0 saturated carbocycles. The van der Waals surface area contributed by atoms with E-state index in [1.807, 2.05) is 6.92 Å². The molecule has 3 nitrogen and oxygen atoms in total. The number of rotatable bonds is 4. The number of nitrogens with one attached hydrogen (secondary N) is 1. The lowest BCUT2D eigenvalue weighted by molar-refractivity contribution is 0.146. The zero-order valence-electron chi connectivity index (χ0n) is 6.72.